The highest BCUT2D eigenvalue weighted by atomic mass is 15.2. The van der Waals surface area contributed by atoms with Crippen molar-refractivity contribution >= 4 is 11.8 Å². The SMILES string of the molecule is NCC(/C=C\c1ccccc1)N1CCc2ccccc21. The first kappa shape index (κ1) is 12.9. The Morgan fingerprint density at radius 1 is 1.05 bits per heavy atom. The Hall–Kier alpha value is -2.06. The monoisotopic (exact) mass is 264 g/mol. The lowest BCUT2D eigenvalue weighted by Crippen LogP contribution is -2.38. The van der Waals surface area contributed by atoms with Crippen molar-refractivity contribution in [2.24, 2.45) is 5.73 Å². The van der Waals surface area contributed by atoms with Crippen LogP contribution in [0.25, 0.3) is 6.08 Å². The standard InChI is InChI=1S/C18H20N2/c19-14-17(11-10-15-6-2-1-3-7-15)20-13-12-16-8-4-5-9-18(16)20/h1-11,17H,12-14,19H2/b11-10-. The number of anilines is 1. The molecule has 1 heterocycles. The van der Waals surface area contributed by atoms with Crippen molar-refractivity contribution in [3.63, 3.8) is 0 Å². The van der Waals surface area contributed by atoms with E-state index >= 15 is 0 Å². The highest BCUT2D eigenvalue weighted by Gasteiger charge is 2.22. The minimum absolute atomic E-state index is 0.263. The molecule has 1 aliphatic rings. The third-order valence-electron chi connectivity index (χ3n) is 3.88. The first-order valence-electron chi connectivity index (χ1n) is 7.16. The molecule has 2 aromatic rings. The summed E-state index contributed by atoms with van der Waals surface area (Å²) in [6.45, 7) is 1.69. The van der Waals surface area contributed by atoms with E-state index in [4.69, 9.17) is 5.73 Å². The van der Waals surface area contributed by atoms with Crippen molar-refractivity contribution in [1.82, 2.24) is 0 Å². The van der Waals surface area contributed by atoms with Gasteiger partial charge in [0.2, 0.25) is 0 Å². The molecule has 1 aliphatic heterocycles. The number of benzene rings is 2. The van der Waals surface area contributed by atoms with E-state index < -0.39 is 0 Å². The molecule has 0 aromatic heterocycles. The minimum atomic E-state index is 0.263. The molecule has 102 valence electrons. The Bertz CT molecular complexity index is 589. The fraction of sp³-hybridized carbons (Fsp3) is 0.222. The molecule has 20 heavy (non-hydrogen) atoms. The summed E-state index contributed by atoms with van der Waals surface area (Å²) in [5.74, 6) is 0. The lowest BCUT2D eigenvalue weighted by Gasteiger charge is -2.27. The first-order chi connectivity index (χ1) is 9.88. The van der Waals surface area contributed by atoms with Gasteiger partial charge in [-0.05, 0) is 23.6 Å². The maximum absolute atomic E-state index is 5.98. The Kier molecular flexibility index (Phi) is 3.84. The third-order valence-corrected chi connectivity index (χ3v) is 3.88. The largest absolute Gasteiger partial charge is 0.363 e. The third kappa shape index (κ3) is 2.61. The number of hydrogen-bond acceptors (Lipinski definition) is 2. The Morgan fingerprint density at radius 2 is 1.80 bits per heavy atom. The maximum Gasteiger partial charge on any atom is 0.0599 e. The summed E-state index contributed by atoms with van der Waals surface area (Å²) in [6, 6.07) is 19.3. The summed E-state index contributed by atoms with van der Waals surface area (Å²) in [5.41, 5.74) is 9.97. The number of rotatable bonds is 4. The second-order valence-electron chi connectivity index (χ2n) is 5.14. The van der Waals surface area contributed by atoms with Crippen molar-refractivity contribution in [1.29, 1.82) is 0 Å². The lowest BCUT2D eigenvalue weighted by molar-refractivity contribution is 0.717. The number of nitrogens with two attached hydrogens (primary N) is 1. The van der Waals surface area contributed by atoms with Crippen LogP contribution in [0.2, 0.25) is 0 Å². The van der Waals surface area contributed by atoms with Crippen LogP contribution in [0.5, 0.6) is 0 Å². The van der Waals surface area contributed by atoms with Crippen molar-refractivity contribution in [3.8, 4) is 0 Å². The molecule has 2 heteroatoms. The first-order valence-corrected chi connectivity index (χ1v) is 7.16. The topological polar surface area (TPSA) is 29.3 Å². The van der Waals surface area contributed by atoms with Gasteiger partial charge in [-0.1, -0.05) is 60.7 Å². The van der Waals surface area contributed by atoms with E-state index in [1.165, 1.54) is 16.8 Å². The van der Waals surface area contributed by atoms with Gasteiger partial charge in [-0.25, -0.2) is 0 Å². The van der Waals surface area contributed by atoms with Gasteiger partial charge < -0.3 is 10.6 Å². The fourth-order valence-corrected chi connectivity index (χ4v) is 2.80. The molecule has 0 saturated carbocycles. The Morgan fingerprint density at radius 3 is 2.60 bits per heavy atom. The second kappa shape index (κ2) is 5.93. The summed E-state index contributed by atoms with van der Waals surface area (Å²) < 4.78 is 0. The van der Waals surface area contributed by atoms with E-state index in [9.17, 15) is 0 Å². The summed E-state index contributed by atoms with van der Waals surface area (Å²) in [7, 11) is 0. The van der Waals surface area contributed by atoms with E-state index in [1.807, 2.05) is 6.07 Å². The van der Waals surface area contributed by atoms with Gasteiger partial charge in [-0.3, -0.25) is 0 Å². The van der Waals surface area contributed by atoms with Crippen molar-refractivity contribution in [2.75, 3.05) is 18.0 Å². The zero-order valence-corrected chi connectivity index (χ0v) is 11.6. The van der Waals surface area contributed by atoms with Crippen LogP contribution in [0, 0.1) is 0 Å². The molecule has 2 aromatic carbocycles. The molecular weight excluding hydrogens is 244 g/mol. The van der Waals surface area contributed by atoms with E-state index in [-0.39, 0.29) is 6.04 Å². The molecule has 0 radical (unpaired) electrons. The Balaban J connectivity index is 1.80. The molecule has 0 saturated heterocycles. The predicted octanol–water partition coefficient (Wildman–Crippen LogP) is 3.09. The lowest BCUT2D eigenvalue weighted by atomic mass is 10.1. The van der Waals surface area contributed by atoms with Crippen LogP contribution in [0.1, 0.15) is 11.1 Å². The van der Waals surface area contributed by atoms with Crippen LogP contribution in [0.4, 0.5) is 5.69 Å². The molecule has 0 fully saturated rings. The summed E-state index contributed by atoms with van der Waals surface area (Å²) in [4.78, 5) is 2.41. The summed E-state index contributed by atoms with van der Waals surface area (Å²) in [6.07, 6.45) is 5.50. The van der Waals surface area contributed by atoms with Gasteiger partial charge in [-0.15, -0.1) is 0 Å². The van der Waals surface area contributed by atoms with Gasteiger partial charge in [0, 0.05) is 18.8 Å². The van der Waals surface area contributed by atoms with Crippen LogP contribution in [-0.4, -0.2) is 19.1 Å². The Labute approximate surface area is 120 Å². The average Bonchev–Trinajstić information content (AvgIpc) is 2.93. The number of nitrogens with zero attached hydrogens (tertiary/aromatic N) is 1. The quantitative estimate of drug-likeness (QED) is 0.919. The van der Waals surface area contributed by atoms with Gasteiger partial charge in [0.05, 0.1) is 6.04 Å². The molecule has 1 unspecified atom stereocenters. The molecule has 1 atom stereocenters. The van der Waals surface area contributed by atoms with Gasteiger partial charge >= 0.3 is 0 Å². The molecule has 2 nitrogen and oxygen atoms in total. The van der Waals surface area contributed by atoms with Crippen molar-refractivity contribution in [2.45, 2.75) is 12.5 Å². The summed E-state index contributed by atoms with van der Waals surface area (Å²) >= 11 is 0. The second-order valence-corrected chi connectivity index (χ2v) is 5.14. The predicted molar refractivity (Wildman–Crippen MR) is 85.8 cm³/mol. The average molecular weight is 264 g/mol. The molecule has 2 N–H and O–H groups in total. The van der Waals surface area contributed by atoms with Gasteiger partial charge in [-0.2, -0.15) is 0 Å². The molecule has 0 spiro atoms. The molecular formula is C18H20N2. The van der Waals surface area contributed by atoms with E-state index in [0.717, 1.165) is 13.0 Å². The summed E-state index contributed by atoms with van der Waals surface area (Å²) in [5, 5.41) is 0. The molecule has 0 aliphatic carbocycles. The van der Waals surface area contributed by atoms with Crippen molar-refractivity contribution in [3.05, 3.63) is 71.8 Å². The van der Waals surface area contributed by atoms with Crippen LogP contribution >= 0.6 is 0 Å². The van der Waals surface area contributed by atoms with Crippen molar-refractivity contribution < 1.29 is 0 Å². The van der Waals surface area contributed by atoms with Crippen LogP contribution in [-0.2, 0) is 6.42 Å². The number of para-hydroxylation sites is 1. The fourth-order valence-electron chi connectivity index (χ4n) is 2.80. The van der Waals surface area contributed by atoms with Crippen LogP contribution in [0.3, 0.4) is 0 Å². The van der Waals surface area contributed by atoms with Gasteiger partial charge in [0.25, 0.3) is 0 Å². The highest BCUT2D eigenvalue weighted by molar-refractivity contribution is 5.61. The van der Waals surface area contributed by atoms with Gasteiger partial charge in [0.1, 0.15) is 0 Å². The van der Waals surface area contributed by atoms with E-state index in [1.54, 1.807) is 0 Å². The minimum Gasteiger partial charge on any atom is -0.363 e. The number of hydrogen-bond donors (Lipinski definition) is 1. The van der Waals surface area contributed by atoms with Gasteiger partial charge in [0.15, 0.2) is 0 Å². The normalized spacial score (nSPS) is 15.6. The maximum atomic E-state index is 5.98. The molecule has 3 rings (SSSR count). The van der Waals surface area contributed by atoms with Crippen LogP contribution in [0.15, 0.2) is 60.7 Å². The molecule has 0 bridgehead atoms. The van der Waals surface area contributed by atoms with E-state index in [0.29, 0.717) is 6.54 Å². The zero-order valence-electron chi connectivity index (χ0n) is 11.6. The number of fused-ring (bicyclic) bond motifs is 1. The molecule has 0 amide bonds. The zero-order chi connectivity index (χ0) is 13.8. The highest BCUT2D eigenvalue weighted by Crippen LogP contribution is 2.29. The van der Waals surface area contributed by atoms with Crippen LogP contribution < -0.4 is 10.6 Å². The smallest absolute Gasteiger partial charge is 0.0599 e. The van der Waals surface area contributed by atoms with E-state index in [2.05, 4.69) is 65.6 Å².